The van der Waals surface area contributed by atoms with Crippen LogP contribution in [0.5, 0.6) is 0 Å². The van der Waals surface area contributed by atoms with E-state index in [0.717, 1.165) is 0 Å². The van der Waals surface area contributed by atoms with Crippen molar-refractivity contribution in [2.75, 3.05) is 7.11 Å². The van der Waals surface area contributed by atoms with Crippen molar-refractivity contribution in [3.63, 3.8) is 0 Å². The lowest BCUT2D eigenvalue weighted by Gasteiger charge is -2.10. The van der Waals surface area contributed by atoms with Gasteiger partial charge in [-0.15, -0.1) is 0 Å². The number of H-pyrrole nitrogens is 1. The van der Waals surface area contributed by atoms with Gasteiger partial charge in [0, 0.05) is 13.3 Å². The summed E-state index contributed by atoms with van der Waals surface area (Å²) in [6.07, 6.45) is 1.38. The van der Waals surface area contributed by atoms with E-state index < -0.39 is 11.2 Å². The molecular formula is C8H11BrN2O3. The summed E-state index contributed by atoms with van der Waals surface area (Å²) in [4.78, 5) is 24.5. The average Bonchev–Trinajstić information content (AvgIpc) is 2.14. The third-order valence-corrected chi connectivity index (χ3v) is 2.39. The highest BCUT2D eigenvalue weighted by Gasteiger charge is 2.05. The first kappa shape index (κ1) is 11.2. The zero-order valence-corrected chi connectivity index (χ0v) is 9.50. The van der Waals surface area contributed by atoms with Crippen molar-refractivity contribution < 1.29 is 4.74 Å². The Kier molecular flexibility index (Phi) is 3.65. The second-order valence-electron chi connectivity index (χ2n) is 2.93. The molecule has 14 heavy (non-hydrogen) atoms. The van der Waals surface area contributed by atoms with Crippen LogP contribution >= 0.6 is 15.9 Å². The van der Waals surface area contributed by atoms with Gasteiger partial charge >= 0.3 is 5.69 Å². The first-order valence-electron chi connectivity index (χ1n) is 4.06. The van der Waals surface area contributed by atoms with Crippen LogP contribution in [0.2, 0.25) is 0 Å². The molecule has 1 atom stereocenters. The van der Waals surface area contributed by atoms with E-state index in [1.54, 1.807) is 7.11 Å². The van der Waals surface area contributed by atoms with Gasteiger partial charge in [0.15, 0.2) is 0 Å². The molecule has 78 valence electrons. The zero-order chi connectivity index (χ0) is 10.7. The van der Waals surface area contributed by atoms with Crippen molar-refractivity contribution in [2.24, 2.45) is 0 Å². The van der Waals surface area contributed by atoms with Gasteiger partial charge < -0.3 is 4.74 Å². The van der Waals surface area contributed by atoms with Gasteiger partial charge in [-0.1, -0.05) is 0 Å². The second-order valence-corrected chi connectivity index (χ2v) is 3.79. The molecule has 0 saturated carbocycles. The molecule has 0 amide bonds. The van der Waals surface area contributed by atoms with E-state index in [9.17, 15) is 9.59 Å². The molecule has 1 rings (SSSR count). The Labute approximate surface area is 88.8 Å². The Balaban J connectivity index is 3.04. The number of ether oxygens (including phenoxy) is 1. The quantitative estimate of drug-likeness (QED) is 0.854. The largest absolute Gasteiger partial charge is 0.380 e. The monoisotopic (exact) mass is 262 g/mol. The maximum absolute atomic E-state index is 11.3. The SMILES string of the molecule is COC(C)Cn1cc(Br)c(=O)[nH]c1=O. The van der Waals surface area contributed by atoms with Gasteiger partial charge in [0.25, 0.3) is 5.56 Å². The van der Waals surface area contributed by atoms with Gasteiger partial charge in [0.1, 0.15) is 0 Å². The molecule has 0 fully saturated rings. The fourth-order valence-electron chi connectivity index (χ4n) is 0.970. The number of aromatic nitrogens is 2. The number of hydrogen-bond acceptors (Lipinski definition) is 3. The molecular weight excluding hydrogens is 252 g/mol. The molecule has 0 aliphatic heterocycles. The van der Waals surface area contributed by atoms with Gasteiger partial charge in [-0.3, -0.25) is 14.3 Å². The fraction of sp³-hybridized carbons (Fsp3) is 0.500. The number of nitrogens with zero attached hydrogens (tertiary/aromatic N) is 1. The number of methoxy groups -OCH3 is 1. The summed E-state index contributed by atoms with van der Waals surface area (Å²) in [5.41, 5.74) is -0.849. The number of aromatic amines is 1. The molecule has 5 nitrogen and oxygen atoms in total. The number of hydrogen-bond donors (Lipinski definition) is 1. The van der Waals surface area contributed by atoms with Crippen LogP contribution in [0.1, 0.15) is 6.92 Å². The normalized spacial score (nSPS) is 12.8. The Morgan fingerprint density at radius 2 is 2.29 bits per heavy atom. The van der Waals surface area contributed by atoms with Crippen molar-refractivity contribution in [3.8, 4) is 0 Å². The summed E-state index contributed by atoms with van der Waals surface area (Å²) in [5, 5.41) is 0. The standard InChI is InChI=1S/C8H11BrN2O3/c1-5(14-2)3-11-4-6(9)7(12)10-8(11)13/h4-5H,3H2,1-2H3,(H,10,12,13). The van der Waals surface area contributed by atoms with Crippen molar-refractivity contribution in [1.82, 2.24) is 9.55 Å². The van der Waals surface area contributed by atoms with Crippen LogP contribution in [-0.4, -0.2) is 22.8 Å². The summed E-state index contributed by atoms with van der Waals surface area (Å²) in [6, 6.07) is 0. The fourth-order valence-corrected chi connectivity index (χ4v) is 1.32. The summed E-state index contributed by atoms with van der Waals surface area (Å²) in [5.74, 6) is 0. The predicted octanol–water partition coefficient (Wildman–Crippen LogP) is 0.334. The lowest BCUT2D eigenvalue weighted by Crippen LogP contribution is -2.32. The number of nitrogens with one attached hydrogen (secondary N) is 1. The summed E-state index contributed by atoms with van der Waals surface area (Å²) in [6.45, 7) is 2.25. The molecule has 0 bridgehead atoms. The first-order chi connectivity index (χ1) is 6.54. The molecule has 1 N–H and O–H groups in total. The Hall–Kier alpha value is -0.880. The summed E-state index contributed by atoms with van der Waals surface area (Å²) in [7, 11) is 1.57. The maximum Gasteiger partial charge on any atom is 0.328 e. The maximum atomic E-state index is 11.3. The van der Waals surface area contributed by atoms with Gasteiger partial charge in [-0.25, -0.2) is 4.79 Å². The minimum Gasteiger partial charge on any atom is -0.380 e. The van der Waals surface area contributed by atoms with Crippen molar-refractivity contribution in [2.45, 2.75) is 19.6 Å². The van der Waals surface area contributed by atoms with E-state index in [1.165, 1.54) is 10.8 Å². The highest BCUT2D eigenvalue weighted by Crippen LogP contribution is 1.99. The second kappa shape index (κ2) is 4.56. The van der Waals surface area contributed by atoms with Crippen molar-refractivity contribution in [3.05, 3.63) is 31.5 Å². The molecule has 0 saturated heterocycles. The Morgan fingerprint density at radius 1 is 1.64 bits per heavy atom. The molecule has 1 heterocycles. The zero-order valence-electron chi connectivity index (χ0n) is 7.91. The van der Waals surface area contributed by atoms with E-state index in [-0.39, 0.29) is 6.10 Å². The van der Waals surface area contributed by atoms with Crippen LogP contribution in [-0.2, 0) is 11.3 Å². The lowest BCUT2D eigenvalue weighted by atomic mass is 10.4. The van der Waals surface area contributed by atoms with Gasteiger partial charge in [0.05, 0.1) is 17.1 Å². The van der Waals surface area contributed by atoms with Crippen LogP contribution in [0.15, 0.2) is 20.3 Å². The van der Waals surface area contributed by atoms with Crippen molar-refractivity contribution in [1.29, 1.82) is 0 Å². The van der Waals surface area contributed by atoms with E-state index in [2.05, 4.69) is 20.9 Å². The predicted molar refractivity (Wildman–Crippen MR) is 55.5 cm³/mol. The van der Waals surface area contributed by atoms with E-state index in [4.69, 9.17) is 4.74 Å². The molecule has 1 unspecified atom stereocenters. The molecule has 0 radical (unpaired) electrons. The molecule has 0 aliphatic rings. The first-order valence-corrected chi connectivity index (χ1v) is 4.86. The van der Waals surface area contributed by atoms with Gasteiger partial charge in [-0.05, 0) is 22.9 Å². The topological polar surface area (TPSA) is 64.1 Å². The minimum absolute atomic E-state index is 0.0782. The van der Waals surface area contributed by atoms with Gasteiger partial charge in [-0.2, -0.15) is 0 Å². The van der Waals surface area contributed by atoms with Crippen LogP contribution in [0.25, 0.3) is 0 Å². The van der Waals surface area contributed by atoms with E-state index in [0.29, 0.717) is 11.0 Å². The Morgan fingerprint density at radius 3 is 2.86 bits per heavy atom. The van der Waals surface area contributed by atoms with Crippen LogP contribution in [0.3, 0.4) is 0 Å². The van der Waals surface area contributed by atoms with Crippen LogP contribution < -0.4 is 11.2 Å². The molecule has 1 aromatic heterocycles. The lowest BCUT2D eigenvalue weighted by molar-refractivity contribution is 0.102. The molecule has 0 spiro atoms. The highest BCUT2D eigenvalue weighted by molar-refractivity contribution is 9.10. The Bertz CT molecular complexity index is 423. The van der Waals surface area contributed by atoms with Crippen LogP contribution in [0.4, 0.5) is 0 Å². The average molecular weight is 263 g/mol. The number of halogens is 1. The van der Waals surface area contributed by atoms with Crippen LogP contribution in [0, 0.1) is 0 Å². The third kappa shape index (κ3) is 2.55. The van der Waals surface area contributed by atoms with E-state index in [1.807, 2.05) is 6.92 Å². The molecule has 1 aromatic rings. The summed E-state index contributed by atoms with van der Waals surface area (Å²) >= 11 is 3.05. The third-order valence-electron chi connectivity index (χ3n) is 1.82. The smallest absolute Gasteiger partial charge is 0.328 e. The number of rotatable bonds is 3. The molecule has 0 aliphatic carbocycles. The molecule has 6 heteroatoms. The molecule has 0 aromatic carbocycles. The summed E-state index contributed by atoms with van der Waals surface area (Å²) < 4.78 is 6.73. The van der Waals surface area contributed by atoms with Crippen molar-refractivity contribution >= 4 is 15.9 Å². The minimum atomic E-state index is -0.429. The highest BCUT2D eigenvalue weighted by atomic mass is 79.9. The van der Waals surface area contributed by atoms with Gasteiger partial charge in [0.2, 0.25) is 0 Å². The van der Waals surface area contributed by atoms with E-state index >= 15 is 0 Å².